The smallest absolute Gasteiger partial charge is 0.0242 e. The highest BCUT2D eigenvalue weighted by molar-refractivity contribution is 9.09. The summed E-state index contributed by atoms with van der Waals surface area (Å²) in [6, 6.07) is 0. The van der Waals surface area contributed by atoms with E-state index in [2.05, 4.69) is 22.0 Å². The van der Waals surface area contributed by atoms with Crippen LogP contribution in [0.25, 0.3) is 0 Å². The average molecular weight is 215 g/mol. The van der Waals surface area contributed by atoms with Crippen LogP contribution in [-0.2, 0) is 0 Å². The third-order valence-corrected chi connectivity index (χ3v) is 3.95. The maximum Gasteiger partial charge on any atom is 0.0242 e. The van der Waals surface area contributed by atoms with Crippen LogP contribution in [0.1, 0.15) is 38.5 Å². The van der Waals surface area contributed by atoms with Crippen molar-refractivity contribution in [3.8, 4) is 0 Å². The molecule has 0 radical (unpaired) electrons. The zero-order valence-electron chi connectivity index (χ0n) is 6.91. The van der Waals surface area contributed by atoms with E-state index in [1.54, 1.807) is 5.57 Å². The van der Waals surface area contributed by atoms with Gasteiger partial charge in [-0.3, -0.25) is 0 Å². The summed E-state index contributed by atoms with van der Waals surface area (Å²) in [5.41, 5.74) is 2.32. The summed E-state index contributed by atoms with van der Waals surface area (Å²) in [7, 11) is 0. The van der Waals surface area contributed by atoms with Gasteiger partial charge in [-0.05, 0) is 31.1 Å². The summed E-state index contributed by atoms with van der Waals surface area (Å²) in [6.07, 6.45) is 11.2. The number of hydrogen-bond acceptors (Lipinski definition) is 0. The van der Waals surface area contributed by atoms with Gasteiger partial charge in [-0.2, -0.15) is 0 Å². The Morgan fingerprint density at radius 3 is 2.55 bits per heavy atom. The molecule has 1 saturated carbocycles. The average Bonchev–Trinajstić information content (AvgIpc) is 2.62. The molecule has 0 nitrogen and oxygen atoms in total. The van der Waals surface area contributed by atoms with E-state index in [4.69, 9.17) is 0 Å². The highest BCUT2D eigenvalue weighted by Crippen LogP contribution is 2.48. The Hall–Kier alpha value is 0.220. The summed E-state index contributed by atoms with van der Waals surface area (Å²) in [6.45, 7) is 0. The second-order valence-corrected chi connectivity index (χ2v) is 4.57. The number of alkyl halides is 1. The Balaban J connectivity index is 2.11. The van der Waals surface area contributed by atoms with Crippen molar-refractivity contribution in [3.63, 3.8) is 0 Å². The first-order valence-electron chi connectivity index (χ1n) is 4.61. The third-order valence-electron chi connectivity index (χ3n) is 3.23. The molecular formula is C10H15Br. The molecule has 0 bridgehead atoms. The van der Waals surface area contributed by atoms with E-state index < -0.39 is 0 Å². The Kier molecular flexibility index (Phi) is 2.09. The van der Waals surface area contributed by atoms with Gasteiger partial charge in [-0.15, -0.1) is 0 Å². The number of allylic oxidation sites excluding steroid dienone is 2. The van der Waals surface area contributed by atoms with Gasteiger partial charge in [-0.25, -0.2) is 0 Å². The van der Waals surface area contributed by atoms with Gasteiger partial charge in [0.15, 0.2) is 0 Å². The van der Waals surface area contributed by atoms with Crippen molar-refractivity contribution in [2.45, 2.75) is 38.5 Å². The van der Waals surface area contributed by atoms with E-state index >= 15 is 0 Å². The Morgan fingerprint density at radius 2 is 2.00 bits per heavy atom. The number of rotatable bonds is 1. The molecule has 0 aromatic carbocycles. The van der Waals surface area contributed by atoms with Crippen LogP contribution in [0.15, 0.2) is 11.6 Å². The molecule has 1 fully saturated rings. The predicted octanol–water partition coefficient (Wildman–Crippen LogP) is 3.66. The van der Waals surface area contributed by atoms with Gasteiger partial charge < -0.3 is 0 Å². The molecule has 0 aliphatic heterocycles. The molecule has 0 atom stereocenters. The van der Waals surface area contributed by atoms with Gasteiger partial charge in [0.25, 0.3) is 0 Å². The van der Waals surface area contributed by atoms with Gasteiger partial charge in [0.05, 0.1) is 0 Å². The molecule has 1 heteroatoms. The third kappa shape index (κ3) is 1.40. The summed E-state index contributed by atoms with van der Waals surface area (Å²) in [5, 5.41) is 1.11. The fraction of sp³-hybridized carbons (Fsp3) is 0.800. The van der Waals surface area contributed by atoms with Gasteiger partial charge in [0.2, 0.25) is 0 Å². The van der Waals surface area contributed by atoms with Crippen LogP contribution in [0, 0.1) is 5.41 Å². The van der Waals surface area contributed by atoms with E-state index in [1.165, 1.54) is 38.5 Å². The first-order chi connectivity index (χ1) is 5.35. The van der Waals surface area contributed by atoms with Crippen molar-refractivity contribution in [2.75, 3.05) is 5.33 Å². The lowest BCUT2D eigenvalue weighted by atomic mass is 9.86. The largest absolute Gasteiger partial charge is 0.0880 e. The molecule has 0 aromatic rings. The van der Waals surface area contributed by atoms with Crippen molar-refractivity contribution in [2.24, 2.45) is 5.41 Å². The minimum absolute atomic E-state index is 0.670. The molecule has 62 valence electrons. The van der Waals surface area contributed by atoms with Crippen LogP contribution in [0.4, 0.5) is 0 Å². The molecule has 2 aliphatic rings. The van der Waals surface area contributed by atoms with Crippen molar-refractivity contribution in [1.29, 1.82) is 0 Å². The molecule has 1 spiro atoms. The Labute approximate surface area is 77.2 Å². The molecule has 11 heavy (non-hydrogen) atoms. The van der Waals surface area contributed by atoms with E-state index in [0.717, 1.165) is 5.33 Å². The van der Waals surface area contributed by atoms with Gasteiger partial charge >= 0.3 is 0 Å². The summed E-state index contributed by atoms with van der Waals surface area (Å²) in [5.74, 6) is 0. The number of halogens is 1. The minimum atomic E-state index is 0.670. The quantitative estimate of drug-likeness (QED) is 0.462. The number of hydrogen-bond donors (Lipinski definition) is 0. The molecule has 0 unspecified atom stereocenters. The van der Waals surface area contributed by atoms with Crippen molar-refractivity contribution in [3.05, 3.63) is 11.6 Å². The van der Waals surface area contributed by atoms with Gasteiger partial charge in [-0.1, -0.05) is 40.4 Å². The van der Waals surface area contributed by atoms with Crippen molar-refractivity contribution < 1.29 is 0 Å². The lowest BCUT2D eigenvalue weighted by Gasteiger charge is -2.18. The highest BCUT2D eigenvalue weighted by atomic mass is 79.9. The lowest BCUT2D eigenvalue weighted by molar-refractivity contribution is 0.389. The van der Waals surface area contributed by atoms with Gasteiger partial charge in [0.1, 0.15) is 0 Å². The summed E-state index contributed by atoms with van der Waals surface area (Å²) in [4.78, 5) is 0. The summed E-state index contributed by atoms with van der Waals surface area (Å²) >= 11 is 3.54. The molecule has 0 saturated heterocycles. The van der Waals surface area contributed by atoms with Crippen molar-refractivity contribution >= 4 is 15.9 Å². The SMILES string of the molecule is BrCC1=CC2(CCCC2)CC1. The van der Waals surface area contributed by atoms with E-state index in [0.29, 0.717) is 5.41 Å². The van der Waals surface area contributed by atoms with Crippen LogP contribution in [0.3, 0.4) is 0 Å². The fourth-order valence-electron chi connectivity index (χ4n) is 2.57. The second kappa shape index (κ2) is 2.93. The van der Waals surface area contributed by atoms with Crippen LogP contribution in [-0.4, -0.2) is 5.33 Å². The normalized spacial score (nSPS) is 27.9. The molecule has 0 N–H and O–H groups in total. The Morgan fingerprint density at radius 1 is 1.27 bits per heavy atom. The molecular weight excluding hydrogens is 200 g/mol. The molecule has 0 heterocycles. The topological polar surface area (TPSA) is 0 Å². The molecule has 2 rings (SSSR count). The van der Waals surface area contributed by atoms with E-state index in [-0.39, 0.29) is 0 Å². The first-order valence-corrected chi connectivity index (χ1v) is 5.73. The maximum absolute atomic E-state index is 3.54. The zero-order chi connectivity index (χ0) is 7.73. The first kappa shape index (κ1) is 7.85. The van der Waals surface area contributed by atoms with Crippen LogP contribution >= 0.6 is 15.9 Å². The standard InChI is InChI=1S/C10H15Br/c11-8-9-3-6-10(7-9)4-1-2-5-10/h7H,1-6,8H2. The minimum Gasteiger partial charge on any atom is -0.0880 e. The second-order valence-electron chi connectivity index (χ2n) is 4.01. The van der Waals surface area contributed by atoms with Crippen LogP contribution < -0.4 is 0 Å². The maximum atomic E-state index is 3.54. The highest BCUT2D eigenvalue weighted by Gasteiger charge is 2.34. The molecule has 0 aromatic heterocycles. The zero-order valence-corrected chi connectivity index (χ0v) is 8.49. The van der Waals surface area contributed by atoms with Crippen LogP contribution in [0.2, 0.25) is 0 Å². The fourth-order valence-corrected chi connectivity index (χ4v) is 3.01. The van der Waals surface area contributed by atoms with E-state index in [9.17, 15) is 0 Å². The Bertz CT molecular complexity index is 175. The van der Waals surface area contributed by atoms with E-state index in [1.807, 2.05) is 0 Å². The lowest BCUT2D eigenvalue weighted by Crippen LogP contribution is -2.07. The van der Waals surface area contributed by atoms with Crippen molar-refractivity contribution in [1.82, 2.24) is 0 Å². The molecule has 2 aliphatic carbocycles. The summed E-state index contributed by atoms with van der Waals surface area (Å²) < 4.78 is 0. The van der Waals surface area contributed by atoms with Crippen LogP contribution in [0.5, 0.6) is 0 Å². The monoisotopic (exact) mass is 214 g/mol. The van der Waals surface area contributed by atoms with Gasteiger partial charge in [0, 0.05) is 5.33 Å². The predicted molar refractivity (Wildman–Crippen MR) is 52.0 cm³/mol. The molecule has 0 amide bonds.